The van der Waals surface area contributed by atoms with Crippen LogP contribution in [0.3, 0.4) is 0 Å². The Morgan fingerprint density at radius 2 is 2.00 bits per heavy atom. The molecule has 0 aliphatic carbocycles. The van der Waals surface area contributed by atoms with Crippen LogP contribution in [0.4, 0.5) is 5.69 Å². The molecule has 0 amide bonds. The highest BCUT2D eigenvalue weighted by Gasteiger charge is 2.11. The average molecular weight is 208 g/mol. The molecule has 4 heteroatoms. The topological polar surface area (TPSA) is 47.7 Å². The predicted molar refractivity (Wildman–Crippen MR) is 59.5 cm³/mol. The first kappa shape index (κ1) is 10.1. The molecule has 1 aliphatic rings. The number of hydrogen-bond donors (Lipinski definition) is 1. The molecular formula is C11H16N2O2. The summed E-state index contributed by atoms with van der Waals surface area (Å²) in [5.74, 6) is 1.63. The van der Waals surface area contributed by atoms with Crippen molar-refractivity contribution in [3.63, 3.8) is 0 Å². The first-order valence-corrected chi connectivity index (χ1v) is 5.12. The van der Waals surface area contributed by atoms with E-state index in [1.54, 1.807) is 0 Å². The van der Waals surface area contributed by atoms with E-state index in [1.807, 2.05) is 30.1 Å². The highest BCUT2D eigenvalue weighted by molar-refractivity contribution is 5.56. The Hall–Kier alpha value is -1.42. The third-order valence-electron chi connectivity index (χ3n) is 2.45. The monoisotopic (exact) mass is 208 g/mol. The summed E-state index contributed by atoms with van der Waals surface area (Å²) < 4.78 is 11.1. The molecule has 0 atom stereocenters. The van der Waals surface area contributed by atoms with E-state index in [9.17, 15) is 0 Å². The normalized spacial score (nSPS) is 14.5. The number of hydrogen-bond acceptors (Lipinski definition) is 4. The van der Waals surface area contributed by atoms with Crippen molar-refractivity contribution in [3.05, 3.63) is 18.2 Å². The summed E-state index contributed by atoms with van der Waals surface area (Å²) in [6, 6.07) is 5.88. The van der Waals surface area contributed by atoms with Gasteiger partial charge in [-0.2, -0.15) is 0 Å². The maximum absolute atomic E-state index is 5.59. The summed E-state index contributed by atoms with van der Waals surface area (Å²) in [5, 5.41) is 0. The smallest absolute Gasteiger partial charge is 0.163 e. The molecule has 15 heavy (non-hydrogen) atoms. The van der Waals surface area contributed by atoms with Crippen molar-refractivity contribution in [3.8, 4) is 11.5 Å². The van der Waals surface area contributed by atoms with Crippen molar-refractivity contribution >= 4 is 5.69 Å². The third-order valence-corrected chi connectivity index (χ3v) is 2.45. The van der Waals surface area contributed by atoms with Crippen LogP contribution in [0.1, 0.15) is 6.42 Å². The zero-order valence-corrected chi connectivity index (χ0v) is 8.90. The van der Waals surface area contributed by atoms with Gasteiger partial charge in [-0.1, -0.05) is 0 Å². The van der Waals surface area contributed by atoms with E-state index >= 15 is 0 Å². The van der Waals surface area contributed by atoms with Gasteiger partial charge >= 0.3 is 0 Å². The fourth-order valence-corrected chi connectivity index (χ4v) is 1.49. The van der Waals surface area contributed by atoms with Gasteiger partial charge in [-0.3, -0.25) is 0 Å². The van der Waals surface area contributed by atoms with Gasteiger partial charge in [0.2, 0.25) is 0 Å². The molecule has 82 valence electrons. The molecule has 0 spiro atoms. The maximum Gasteiger partial charge on any atom is 0.163 e. The summed E-state index contributed by atoms with van der Waals surface area (Å²) in [5.41, 5.74) is 6.61. The van der Waals surface area contributed by atoms with Gasteiger partial charge in [-0.05, 0) is 12.1 Å². The molecule has 4 nitrogen and oxygen atoms in total. The molecule has 0 bridgehead atoms. The predicted octanol–water partition coefficient (Wildman–Crippen LogP) is 1.20. The third kappa shape index (κ3) is 2.15. The lowest BCUT2D eigenvalue weighted by Gasteiger charge is -2.18. The van der Waals surface area contributed by atoms with Crippen LogP contribution in [0.15, 0.2) is 18.2 Å². The summed E-state index contributed by atoms with van der Waals surface area (Å²) in [6.07, 6.45) is 0.927. The second-order valence-electron chi connectivity index (χ2n) is 3.56. The molecule has 1 heterocycles. The Bertz CT molecular complexity index is 341. The quantitative estimate of drug-likeness (QED) is 0.742. The Morgan fingerprint density at radius 3 is 2.73 bits per heavy atom. The molecular weight excluding hydrogens is 192 g/mol. The minimum atomic E-state index is 0.486. The van der Waals surface area contributed by atoms with Gasteiger partial charge in [0.15, 0.2) is 11.5 Å². The highest BCUT2D eigenvalue weighted by atomic mass is 16.5. The van der Waals surface area contributed by atoms with Crippen LogP contribution in [0.5, 0.6) is 11.5 Å². The van der Waals surface area contributed by atoms with Crippen molar-refractivity contribution in [2.24, 2.45) is 5.73 Å². The van der Waals surface area contributed by atoms with E-state index in [-0.39, 0.29) is 0 Å². The molecule has 0 aromatic heterocycles. The lowest BCUT2D eigenvalue weighted by molar-refractivity contribution is 0.297. The minimum absolute atomic E-state index is 0.486. The number of nitrogens with zero attached hydrogens (tertiary/aromatic N) is 1. The molecule has 2 rings (SSSR count). The molecule has 0 radical (unpaired) electrons. The van der Waals surface area contributed by atoms with Crippen molar-refractivity contribution in [2.45, 2.75) is 6.42 Å². The zero-order valence-electron chi connectivity index (χ0n) is 8.90. The summed E-state index contributed by atoms with van der Waals surface area (Å²) in [7, 11) is 1.94. The standard InChI is InChI=1S/C11H16N2O2/c1-13(8-12)9-3-4-10-11(7-9)15-6-2-5-14-10/h3-4,7H,2,5-6,8,12H2,1H3. The Balaban J connectivity index is 2.27. The van der Waals surface area contributed by atoms with E-state index in [4.69, 9.17) is 15.2 Å². The molecule has 2 N–H and O–H groups in total. The van der Waals surface area contributed by atoms with Crippen molar-refractivity contribution in [1.29, 1.82) is 0 Å². The number of anilines is 1. The van der Waals surface area contributed by atoms with Gasteiger partial charge < -0.3 is 20.1 Å². The Morgan fingerprint density at radius 1 is 1.27 bits per heavy atom. The summed E-state index contributed by atoms with van der Waals surface area (Å²) >= 11 is 0. The van der Waals surface area contributed by atoms with Crippen molar-refractivity contribution in [1.82, 2.24) is 0 Å². The van der Waals surface area contributed by atoms with Gasteiger partial charge in [-0.15, -0.1) is 0 Å². The first-order valence-electron chi connectivity index (χ1n) is 5.12. The van der Waals surface area contributed by atoms with Crippen LogP contribution in [0.2, 0.25) is 0 Å². The van der Waals surface area contributed by atoms with Crippen LogP contribution in [0.25, 0.3) is 0 Å². The molecule has 1 aromatic carbocycles. The Kier molecular flexibility index (Phi) is 2.97. The first-order chi connectivity index (χ1) is 7.31. The second kappa shape index (κ2) is 4.40. The van der Waals surface area contributed by atoms with Gasteiger partial charge in [0, 0.05) is 25.2 Å². The van der Waals surface area contributed by atoms with E-state index in [0.29, 0.717) is 13.3 Å². The van der Waals surface area contributed by atoms with Gasteiger partial charge in [-0.25, -0.2) is 0 Å². The highest BCUT2D eigenvalue weighted by Crippen LogP contribution is 2.33. The SMILES string of the molecule is CN(CN)c1ccc2c(c1)OCCCO2. The summed E-state index contributed by atoms with van der Waals surface area (Å²) in [4.78, 5) is 1.95. The summed E-state index contributed by atoms with van der Waals surface area (Å²) in [6.45, 7) is 1.92. The number of benzene rings is 1. The van der Waals surface area contributed by atoms with E-state index in [1.165, 1.54) is 0 Å². The number of nitrogens with two attached hydrogens (primary N) is 1. The minimum Gasteiger partial charge on any atom is -0.490 e. The van der Waals surface area contributed by atoms with Gasteiger partial charge in [0.05, 0.1) is 19.9 Å². The van der Waals surface area contributed by atoms with Crippen LogP contribution in [0, 0.1) is 0 Å². The second-order valence-corrected chi connectivity index (χ2v) is 3.56. The molecule has 1 aromatic rings. The number of ether oxygens (including phenoxy) is 2. The lowest BCUT2D eigenvalue weighted by Crippen LogP contribution is -2.24. The Labute approximate surface area is 89.6 Å². The molecule has 0 unspecified atom stereocenters. The van der Waals surface area contributed by atoms with E-state index in [2.05, 4.69) is 0 Å². The van der Waals surface area contributed by atoms with Crippen molar-refractivity contribution < 1.29 is 9.47 Å². The largest absolute Gasteiger partial charge is 0.490 e. The fraction of sp³-hybridized carbons (Fsp3) is 0.455. The van der Waals surface area contributed by atoms with E-state index in [0.717, 1.165) is 30.2 Å². The lowest BCUT2D eigenvalue weighted by atomic mass is 10.2. The molecule has 1 aliphatic heterocycles. The van der Waals surface area contributed by atoms with Crippen molar-refractivity contribution in [2.75, 3.05) is 31.8 Å². The van der Waals surface area contributed by atoms with Crippen LogP contribution in [-0.4, -0.2) is 26.9 Å². The zero-order chi connectivity index (χ0) is 10.7. The average Bonchev–Trinajstić information content (AvgIpc) is 2.51. The van der Waals surface area contributed by atoms with Gasteiger partial charge in [0.25, 0.3) is 0 Å². The maximum atomic E-state index is 5.59. The number of rotatable bonds is 2. The van der Waals surface area contributed by atoms with E-state index < -0.39 is 0 Å². The molecule has 0 fully saturated rings. The molecule has 0 saturated carbocycles. The van der Waals surface area contributed by atoms with Crippen LogP contribution >= 0.6 is 0 Å². The fourth-order valence-electron chi connectivity index (χ4n) is 1.49. The van der Waals surface area contributed by atoms with Crippen LogP contribution in [-0.2, 0) is 0 Å². The van der Waals surface area contributed by atoms with Gasteiger partial charge in [0.1, 0.15) is 0 Å². The number of fused-ring (bicyclic) bond motifs is 1. The molecule has 0 saturated heterocycles. The van der Waals surface area contributed by atoms with Crippen LogP contribution < -0.4 is 20.1 Å².